The van der Waals surface area contributed by atoms with Crippen LogP contribution in [0.3, 0.4) is 0 Å². The van der Waals surface area contributed by atoms with Gasteiger partial charge in [-0.05, 0) is 42.0 Å². The van der Waals surface area contributed by atoms with Gasteiger partial charge in [0.2, 0.25) is 5.91 Å². The van der Waals surface area contributed by atoms with Crippen LogP contribution in [0.2, 0.25) is 0 Å². The normalized spacial score (nSPS) is 15.4. The Morgan fingerprint density at radius 1 is 0.912 bits per heavy atom. The molecular weight excluding hydrogens is 500 g/mol. The van der Waals surface area contributed by atoms with Crippen LogP contribution in [0.1, 0.15) is 32.7 Å². The van der Waals surface area contributed by atoms with E-state index in [1.165, 1.54) is 24.3 Å². The second-order valence-electron chi connectivity index (χ2n) is 7.74. The number of benzene rings is 3. The maximum Gasteiger partial charge on any atom is 0.338 e. The maximum atomic E-state index is 12.8. The van der Waals surface area contributed by atoms with Crippen molar-refractivity contribution in [2.75, 3.05) is 11.5 Å². The molecule has 1 unspecified atom stereocenters. The second kappa shape index (κ2) is 10.5. The molecule has 1 saturated heterocycles. The summed E-state index contributed by atoms with van der Waals surface area (Å²) in [4.78, 5) is 50.9. The molecule has 4 rings (SSSR count). The fourth-order valence-corrected chi connectivity index (χ4v) is 3.84. The fourth-order valence-electron chi connectivity index (χ4n) is 3.58. The van der Waals surface area contributed by atoms with Crippen LogP contribution in [0.4, 0.5) is 5.69 Å². The number of hydrogen-bond acceptors (Lipinski definition) is 6. The van der Waals surface area contributed by atoms with Crippen molar-refractivity contribution in [1.82, 2.24) is 5.32 Å². The van der Waals surface area contributed by atoms with Crippen molar-refractivity contribution in [1.29, 1.82) is 0 Å². The number of halogens is 1. The van der Waals surface area contributed by atoms with Crippen LogP contribution in [0.15, 0.2) is 83.3 Å². The number of nitrogens with zero attached hydrogens (tertiary/aromatic N) is 1. The van der Waals surface area contributed by atoms with Crippen LogP contribution in [0.25, 0.3) is 0 Å². The van der Waals surface area contributed by atoms with E-state index >= 15 is 0 Å². The predicted molar refractivity (Wildman–Crippen MR) is 129 cm³/mol. The molecule has 0 radical (unpaired) electrons. The first-order valence-electron chi connectivity index (χ1n) is 10.6. The lowest BCUT2D eigenvalue weighted by Crippen LogP contribution is -2.38. The maximum absolute atomic E-state index is 12.8. The van der Waals surface area contributed by atoms with Crippen molar-refractivity contribution in [2.45, 2.75) is 19.0 Å². The van der Waals surface area contributed by atoms with Gasteiger partial charge in [0.15, 0.2) is 12.4 Å². The van der Waals surface area contributed by atoms with Crippen molar-refractivity contribution in [3.63, 3.8) is 0 Å². The number of Topliss-reactive ketones (excluding diaryl/α,β-unsaturated/α-hetero) is 1. The van der Waals surface area contributed by atoms with Gasteiger partial charge in [-0.2, -0.15) is 0 Å². The Labute approximate surface area is 204 Å². The Bertz CT molecular complexity index is 1210. The quantitative estimate of drug-likeness (QED) is 0.275. The number of carbonyl (C=O) groups excluding carboxylic acids is 4. The fraction of sp³-hybridized carbons (Fsp3) is 0.154. The molecule has 1 fully saturated rings. The van der Waals surface area contributed by atoms with Crippen molar-refractivity contribution in [3.8, 4) is 0 Å². The number of anilines is 1. The number of carbonyl (C=O) groups is 4. The SMILES string of the molecule is O=C(COC(=O)c1ccc(N2C(=O)CC(NCc3ccccc3)C2=O)cc1)c1ccc(Br)cc1. The summed E-state index contributed by atoms with van der Waals surface area (Å²) in [5, 5.41) is 3.13. The molecule has 0 aromatic heterocycles. The zero-order valence-corrected chi connectivity index (χ0v) is 19.7. The summed E-state index contributed by atoms with van der Waals surface area (Å²) in [7, 11) is 0. The van der Waals surface area contributed by atoms with E-state index in [1.807, 2.05) is 30.3 Å². The van der Waals surface area contributed by atoms with Gasteiger partial charge in [0, 0.05) is 16.6 Å². The van der Waals surface area contributed by atoms with Crippen LogP contribution in [-0.2, 0) is 20.9 Å². The van der Waals surface area contributed by atoms with Crippen molar-refractivity contribution in [2.24, 2.45) is 0 Å². The van der Waals surface area contributed by atoms with Crippen molar-refractivity contribution in [3.05, 3.63) is 100 Å². The summed E-state index contributed by atoms with van der Waals surface area (Å²) in [6.07, 6.45) is 0.0631. The van der Waals surface area contributed by atoms with E-state index in [-0.39, 0.29) is 36.2 Å². The minimum absolute atomic E-state index is 0.0631. The highest BCUT2D eigenvalue weighted by atomic mass is 79.9. The molecular formula is C26H21BrN2O5. The van der Waals surface area contributed by atoms with Gasteiger partial charge in [0.1, 0.15) is 0 Å². The van der Waals surface area contributed by atoms with Gasteiger partial charge >= 0.3 is 5.97 Å². The molecule has 172 valence electrons. The third kappa shape index (κ3) is 5.47. The average molecular weight is 521 g/mol. The van der Waals surface area contributed by atoms with E-state index in [0.717, 1.165) is 14.9 Å². The summed E-state index contributed by atoms with van der Waals surface area (Å²) in [6, 6.07) is 21.7. The van der Waals surface area contributed by atoms with Crippen LogP contribution in [0, 0.1) is 0 Å². The Morgan fingerprint density at radius 2 is 1.56 bits per heavy atom. The van der Waals surface area contributed by atoms with Gasteiger partial charge in [-0.3, -0.25) is 14.4 Å². The molecule has 7 nitrogen and oxygen atoms in total. The summed E-state index contributed by atoms with van der Waals surface area (Å²) in [6.45, 7) is 0.0855. The summed E-state index contributed by atoms with van der Waals surface area (Å²) in [5.41, 5.74) is 2.04. The molecule has 1 heterocycles. The standard InChI is InChI=1S/C26H21BrN2O5/c27-20-10-6-18(7-11-20)23(30)16-34-26(33)19-8-12-21(13-9-19)29-24(31)14-22(25(29)32)28-15-17-4-2-1-3-5-17/h1-13,22,28H,14-16H2. The third-order valence-corrected chi connectivity index (χ3v) is 5.93. The molecule has 1 aliphatic rings. The number of nitrogens with one attached hydrogen (secondary N) is 1. The molecule has 1 N–H and O–H groups in total. The number of imide groups is 1. The van der Waals surface area contributed by atoms with E-state index in [2.05, 4.69) is 21.2 Å². The van der Waals surface area contributed by atoms with Crippen LogP contribution < -0.4 is 10.2 Å². The highest BCUT2D eigenvalue weighted by Crippen LogP contribution is 2.24. The molecule has 8 heteroatoms. The number of ether oxygens (including phenoxy) is 1. The molecule has 0 bridgehead atoms. The number of ketones is 1. The molecule has 0 aliphatic carbocycles. The Kier molecular flexibility index (Phi) is 7.30. The summed E-state index contributed by atoms with van der Waals surface area (Å²) < 4.78 is 5.96. The number of rotatable bonds is 8. The first kappa shape index (κ1) is 23.5. The zero-order chi connectivity index (χ0) is 24.1. The number of esters is 1. The van der Waals surface area contributed by atoms with Crippen molar-refractivity contribution >= 4 is 45.2 Å². The van der Waals surface area contributed by atoms with Gasteiger partial charge in [-0.25, -0.2) is 9.69 Å². The molecule has 3 aromatic carbocycles. The van der Waals surface area contributed by atoms with E-state index in [4.69, 9.17) is 4.74 Å². The zero-order valence-electron chi connectivity index (χ0n) is 18.1. The summed E-state index contributed by atoms with van der Waals surface area (Å²) >= 11 is 3.30. The van der Waals surface area contributed by atoms with Gasteiger partial charge in [-0.1, -0.05) is 58.4 Å². The smallest absolute Gasteiger partial charge is 0.338 e. The molecule has 3 aromatic rings. The second-order valence-corrected chi connectivity index (χ2v) is 8.66. The van der Waals surface area contributed by atoms with E-state index in [0.29, 0.717) is 17.8 Å². The number of amides is 2. The van der Waals surface area contributed by atoms with E-state index in [9.17, 15) is 19.2 Å². The minimum Gasteiger partial charge on any atom is -0.454 e. The summed E-state index contributed by atoms with van der Waals surface area (Å²) in [5.74, 6) is -1.64. The Balaban J connectivity index is 1.34. The first-order valence-corrected chi connectivity index (χ1v) is 11.4. The van der Waals surface area contributed by atoms with Crippen LogP contribution in [-0.4, -0.2) is 36.2 Å². The number of hydrogen-bond donors (Lipinski definition) is 1. The lowest BCUT2D eigenvalue weighted by Gasteiger charge is -2.16. The highest BCUT2D eigenvalue weighted by Gasteiger charge is 2.39. The lowest BCUT2D eigenvalue weighted by atomic mass is 10.1. The van der Waals surface area contributed by atoms with Crippen molar-refractivity contribution < 1.29 is 23.9 Å². The first-order chi connectivity index (χ1) is 16.4. The topological polar surface area (TPSA) is 92.8 Å². The van der Waals surface area contributed by atoms with E-state index in [1.54, 1.807) is 24.3 Å². The van der Waals surface area contributed by atoms with Gasteiger partial charge < -0.3 is 10.1 Å². The van der Waals surface area contributed by atoms with Gasteiger partial charge in [-0.15, -0.1) is 0 Å². The highest BCUT2D eigenvalue weighted by molar-refractivity contribution is 9.10. The predicted octanol–water partition coefficient (Wildman–Crippen LogP) is 3.91. The van der Waals surface area contributed by atoms with Gasteiger partial charge in [0.25, 0.3) is 5.91 Å². The monoisotopic (exact) mass is 520 g/mol. The Hall–Kier alpha value is -3.62. The third-order valence-electron chi connectivity index (χ3n) is 5.40. The molecule has 1 aliphatic heterocycles. The largest absolute Gasteiger partial charge is 0.454 e. The molecule has 34 heavy (non-hydrogen) atoms. The molecule has 2 amide bonds. The van der Waals surface area contributed by atoms with Gasteiger partial charge in [0.05, 0.1) is 23.7 Å². The van der Waals surface area contributed by atoms with Crippen LogP contribution in [0.5, 0.6) is 0 Å². The molecule has 0 saturated carbocycles. The molecule has 0 spiro atoms. The molecule has 1 atom stereocenters. The van der Waals surface area contributed by atoms with Crippen LogP contribution >= 0.6 is 15.9 Å². The Morgan fingerprint density at radius 3 is 2.24 bits per heavy atom. The average Bonchev–Trinajstić information content (AvgIpc) is 3.15. The lowest BCUT2D eigenvalue weighted by molar-refractivity contribution is -0.121. The van der Waals surface area contributed by atoms with E-state index < -0.39 is 12.0 Å². The minimum atomic E-state index is -0.668.